The number of nitrogens with one attached hydrogen (secondary N) is 2. The molecule has 3 aromatic rings. The zero-order chi connectivity index (χ0) is 24.0. The van der Waals surface area contributed by atoms with Crippen LogP contribution < -0.4 is 10.7 Å². The van der Waals surface area contributed by atoms with E-state index in [1.807, 2.05) is 49.7 Å². The van der Waals surface area contributed by atoms with Crippen molar-refractivity contribution in [2.75, 3.05) is 11.1 Å². The summed E-state index contributed by atoms with van der Waals surface area (Å²) in [6.45, 7) is 5.76. The van der Waals surface area contributed by atoms with E-state index < -0.39 is 4.92 Å². The Morgan fingerprint density at radius 1 is 1.21 bits per heavy atom. The molecule has 10 nitrogen and oxygen atoms in total. The maximum absolute atomic E-state index is 12.2. The van der Waals surface area contributed by atoms with Crippen LogP contribution in [-0.2, 0) is 11.8 Å². The standard InChI is InChI=1S/C22H25N7O3S/c1-14-7-5-6-8-19(14)23-16(3)21-26-27-22(28(21)4)33-13-20(30)25-24-15(2)17-9-11-18(12-10-17)29(31)32/h5-12,16,23H,13H2,1-4H3,(H,25,30)/b24-15+/t16-/m1/s1. The van der Waals surface area contributed by atoms with Gasteiger partial charge < -0.3 is 9.88 Å². The molecule has 0 bridgehead atoms. The first-order valence-electron chi connectivity index (χ1n) is 10.2. The van der Waals surface area contributed by atoms with Crippen LogP contribution in [0, 0.1) is 17.0 Å². The van der Waals surface area contributed by atoms with Gasteiger partial charge in [-0.05, 0) is 50.1 Å². The van der Waals surface area contributed by atoms with E-state index in [2.05, 4.69) is 26.0 Å². The molecule has 11 heteroatoms. The molecule has 2 aromatic carbocycles. The Balaban J connectivity index is 1.55. The van der Waals surface area contributed by atoms with Gasteiger partial charge in [0, 0.05) is 24.9 Å². The number of non-ortho nitro benzene ring substituents is 1. The van der Waals surface area contributed by atoms with Gasteiger partial charge in [0.25, 0.3) is 11.6 Å². The minimum Gasteiger partial charge on any atom is -0.375 e. The van der Waals surface area contributed by atoms with E-state index >= 15 is 0 Å². The third-order valence-corrected chi connectivity index (χ3v) is 5.97. The van der Waals surface area contributed by atoms with Gasteiger partial charge in [-0.25, -0.2) is 5.43 Å². The number of rotatable bonds is 9. The zero-order valence-electron chi connectivity index (χ0n) is 18.8. The lowest BCUT2D eigenvalue weighted by Crippen LogP contribution is -2.21. The van der Waals surface area contributed by atoms with Gasteiger partial charge >= 0.3 is 0 Å². The van der Waals surface area contributed by atoms with E-state index in [0.29, 0.717) is 16.4 Å². The van der Waals surface area contributed by atoms with Gasteiger partial charge in [0.2, 0.25) is 0 Å². The molecular weight excluding hydrogens is 442 g/mol. The fourth-order valence-electron chi connectivity index (χ4n) is 3.06. The van der Waals surface area contributed by atoms with Crippen LogP contribution in [0.1, 0.15) is 36.8 Å². The van der Waals surface area contributed by atoms with Crippen molar-refractivity contribution < 1.29 is 9.72 Å². The Kier molecular flexibility index (Phi) is 7.78. The summed E-state index contributed by atoms with van der Waals surface area (Å²) in [4.78, 5) is 22.5. The normalized spacial score (nSPS) is 12.3. The molecule has 1 aromatic heterocycles. The predicted octanol–water partition coefficient (Wildman–Crippen LogP) is 3.84. The number of benzene rings is 2. The van der Waals surface area contributed by atoms with Crippen molar-refractivity contribution in [3.8, 4) is 0 Å². The number of thioether (sulfide) groups is 1. The van der Waals surface area contributed by atoms with Gasteiger partial charge in [0.15, 0.2) is 11.0 Å². The van der Waals surface area contributed by atoms with E-state index in [9.17, 15) is 14.9 Å². The van der Waals surface area contributed by atoms with Crippen molar-refractivity contribution in [2.45, 2.75) is 32.0 Å². The first kappa shape index (κ1) is 23.9. The molecule has 1 amide bonds. The third-order valence-electron chi connectivity index (χ3n) is 4.95. The highest BCUT2D eigenvalue weighted by atomic mass is 32.2. The molecule has 0 saturated heterocycles. The number of nitrogens with zero attached hydrogens (tertiary/aromatic N) is 5. The van der Waals surface area contributed by atoms with Crippen molar-refractivity contribution in [1.29, 1.82) is 0 Å². The minimum atomic E-state index is -0.466. The predicted molar refractivity (Wildman–Crippen MR) is 128 cm³/mol. The molecule has 0 saturated carbocycles. The highest BCUT2D eigenvalue weighted by molar-refractivity contribution is 7.99. The second kappa shape index (κ2) is 10.7. The largest absolute Gasteiger partial charge is 0.375 e. The lowest BCUT2D eigenvalue weighted by atomic mass is 10.1. The van der Waals surface area contributed by atoms with Crippen LogP contribution in [0.2, 0.25) is 0 Å². The van der Waals surface area contributed by atoms with Crippen LogP contribution in [0.3, 0.4) is 0 Å². The Bertz CT molecular complexity index is 1170. The summed E-state index contributed by atoms with van der Waals surface area (Å²) in [7, 11) is 1.86. The average Bonchev–Trinajstić information content (AvgIpc) is 3.18. The summed E-state index contributed by atoms with van der Waals surface area (Å²) < 4.78 is 1.86. The number of carbonyl (C=O) groups excluding carboxylic acids is 1. The van der Waals surface area contributed by atoms with Crippen LogP contribution >= 0.6 is 11.8 Å². The van der Waals surface area contributed by atoms with Gasteiger partial charge in [0.1, 0.15) is 0 Å². The van der Waals surface area contributed by atoms with Crippen molar-refractivity contribution in [3.63, 3.8) is 0 Å². The minimum absolute atomic E-state index is 0.00143. The number of amides is 1. The molecule has 0 aliphatic rings. The molecule has 172 valence electrons. The third kappa shape index (κ3) is 6.16. The molecular formula is C22H25N7O3S. The summed E-state index contributed by atoms with van der Waals surface area (Å²) in [6.07, 6.45) is 0. The number of aryl methyl sites for hydroxylation is 1. The molecule has 0 fully saturated rings. The summed E-state index contributed by atoms with van der Waals surface area (Å²) >= 11 is 1.26. The molecule has 0 spiro atoms. The van der Waals surface area contributed by atoms with Crippen LogP contribution in [0.5, 0.6) is 0 Å². The summed E-state index contributed by atoms with van der Waals surface area (Å²) in [5.41, 5.74) is 5.90. The van der Waals surface area contributed by atoms with Crippen molar-refractivity contribution in [2.24, 2.45) is 12.1 Å². The summed E-state index contributed by atoms with van der Waals surface area (Å²) in [5, 5.41) is 27.4. The Hall–Kier alpha value is -3.73. The van der Waals surface area contributed by atoms with E-state index in [1.165, 1.54) is 23.9 Å². The molecule has 0 unspecified atom stereocenters. The Morgan fingerprint density at radius 2 is 1.91 bits per heavy atom. The number of nitro groups is 1. The van der Waals surface area contributed by atoms with Crippen LogP contribution in [0.4, 0.5) is 11.4 Å². The van der Waals surface area contributed by atoms with Gasteiger partial charge in [0.05, 0.1) is 22.4 Å². The quantitative estimate of drug-likeness (QED) is 0.212. The number of para-hydroxylation sites is 1. The number of carbonyl (C=O) groups is 1. The molecule has 0 aliphatic heterocycles. The first-order chi connectivity index (χ1) is 15.8. The number of nitro benzene ring substituents is 1. The van der Waals surface area contributed by atoms with Crippen molar-refractivity contribution in [3.05, 3.63) is 75.6 Å². The molecule has 1 atom stereocenters. The van der Waals surface area contributed by atoms with Gasteiger partial charge in [-0.3, -0.25) is 14.9 Å². The monoisotopic (exact) mass is 467 g/mol. The van der Waals surface area contributed by atoms with Gasteiger partial charge in [-0.2, -0.15) is 5.10 Å². The second-order valence-electron chi connectivity index (χ2n) is 7.41. The van der Waals surface area contributed by atoms with Gasteiger partial charge in [-0.15, -0.1) is 10.2 Å². The topological polar surface area (TPSA) is 127 Å². The number of aromatic nitrogens is 3. The molecule has 3 rings (SSSR count). The van der Waals surface area contributed by atoms with Crippen molar-refractivity contribution >= 4 is 34.8 Å². The summed E-state index contributed by atoms with van der Waals surface area (Å²) in [5.74, 6) is 0.577. The lowest BCUT2D eigenvalue weighted by molar-refractivity contribution is -0.384. The Labute approximate surface area is 195 Å². The zero-order valence-corrected chi connectivity index (χ0v) is 19.6. The molecule has 0 aliphatic carbocycles. The molecule has 0 radical (unpaired) electrons. The fourth-order valence-corrected chi connectivity index (χ4v) is 3.77. The number of anilines is 1. The first-order valence-corrected chi connectivity index (χ1v) is 11.2. The summed E-state index contributed by atoms with van der Waals surface area (Å²) in [6, 6.07) is 13.9. The maximum atomic E-state index is 12.2. The smallest absolute Gasteiger partial charge is 0.269 e. The molecule has 1 heterocycles. The highest BCUT2D eigenvalue weighted by Gasteiger charge is 2.17. The Morgan fingerprint density at radius 3 is 2.58 bits per heavy atom. The van der Waals surface area contributed by atoms with E-state index in [-0.39, 0.29) is 23.4 Å². The number of hydrazone groups is 1. The number of hydrogen-bond acceptors (Lipinski definition) is 8. The average molecular weight is 468 g/mol. The van der Waals surface area contributed by atoms with E-state index in [1.54, 1.807) is 19.1 Å². The van der Waals surface area contributed by atoms with Crippen LogP contribution in [-0.4, -0.2) is 37.1 Å². The fraction of sp³-hybridized carbons (Fsp3) is 0.273. The van der Waals surface area contributed by atoms with Gasteiger partial charge in [-0.1, -0.05) is 30.0 Å². The van der Waals surface area contributed by atoms with E-state index in [4.69, 9.17) is 0 Å². The van der Waals surface area contributed by atoms with Crippen LogP contribution in [0.15, 0.2) is 58.8 Å². The van der Waals surface area contributed by atoms with Crippen molar-refractivity contribution in [1.82, 2.24) is 20.2 Å². The van der Waals surface area contributed by atoms with E-state index in [0.717, 1.165) is 17.1 Å². The maximum Gasteiger partial charge on any atom is 0.269 e. The SMILES string of the molecule is C/C(=N\NC(=O)CSc1nnc([C@@H](C)Nc2ccccc2C)n1C)c1ccc([N+](=O)[O-])cc1. The van der Waals surface area contributed by atoms with Crippen LogP contribution in [0.25, 0.3) is 0 Å². The molecule has 33 heavy (non-hydrogen) atoms. The molecule has 2 N–H and O–H groups in total. The highest BCUT2D eigenvalue weighted by Crippen LogP contribution is 2.23. The lowest BCUT2D eigenvalue weighted by Gasteiger charge is -2.16. The second-order valence-corrected chi connectivity index (χ2v) is 8.35. The number of hydrogen-bond donors (Lipinski definition) is 2.